The minimum atomic E-state index is -0.263. The van der Waals surface area contributed by atoms with E-state index in [1.807, 2.05) is 13.8 Å². The lowest BCUT2D eigenvalue weighted by Gasteiger charge is -2.16. The summed E-state index contributed by atoms with van der Waals surface area (Å²) in [5.74, 6) is 0.458. The number of fused-ring (bicyclic) bond motifs is 1. The quantitative estimate of drug-likeness (QED) is 0.753. The number of hydrogen-bond donors (Lipinski definition) is 2. The van der Waals surface area contributed by atoms with Crippen LogP contribution in [0.5, 0.6) is 11.5 Å². The minimum Gasteiger partial charge on any atom is -0.508 e. The van der Waals surface area contributed by atoms with Gasteiger partial charge in [0.1, 0.15) is 17.3 Å². The average molecular weight is 331 g/mol. The molecule has 2 N–H and O–H groups in total. The molecule has 0 bridgehead atoms. The van der Waals surface area contributed by atoms with Gasteiger partial charge in [0.15, 0.2) is 0 Å². The Balaban J connectivity index is 2.40. The summed E-state index contributed by atoms with van der Waals surface area (Å²) in [6.45, 7) is 3.84. The lowest BCUT2D eigenvalue weighted by Crippen LogP contribution is -2.24. The summed E-state index contributed by atoms with van der Waals surface area (Å²) >= 11 is 5.84. The van der Waals surface area contributed by atoms with Gasteiger partial charge < -0.3 is 10.2 Å². The number of rotatable bonds is 2. The SMILES string of the molecule is CC(C)c1nc2cc(O)ccc2c(=O)n1-c1ccc(Cl)c(O)c1. The molecule has 2 aromatic carbocycles. The van der Waals surface area contributed by atoms with Crippen LogP contribution in [0.3, 0.4) is 0 Å². The molecule has 0 atom stereocenters. The first-order valence-electron chi connectivity index (χ1n) is 7.13. The Morgan fingerprint density at radius 2 is 1.87 bits per heavy atom. The molecule has 0 aliphatic rings. The van der Waals surface area contributed by atoms with Crippen LogP contribution in [0.2, 0.25) is 5.02 Å². The summed E-state index contributed by atoms with van der Waals surface area (Å²) in [5.41, 5.74) is 0.664. The van der Waals surface area contributed by atoms with Crippen molar-refractivity contribution in [1.29, 1.82) is 0 Å². The first-order chi connectivity index (χ1) is 10.9. The van der Waals surface area contributed by atoms with E-state index in [0.717, 1.165) is 0 Å². The maximum atomic E-state index is 12.9. The number of benzene rings is 2. The van der Waals surface area contributed by atoms with Crippen molar-refractivity contribution < 1.29 is 10.2 Å². The fourth-order valence-electron chi connectivity index (χ4n) is 2.47. The highest BCUT2D eigenvalue weighted by molar-refractivity contribution is 6.32. The molecular formula is C17H15ClN2O3. The van der Waals surface area contributed by atoms with Gasteiger partial charge in [-0.25, -0.2) is 4.98 Å². The largest absolute Gasteiger partial charge is 0.508 e. The number of halogens is 1. The molecule has 1 heterocycles. The Kier molecular flexibility index (Phi) is 3.74. The van der Waals surface area contributed by atoms with Crippen LogP contribution in [-0.2, 0) is 0 Å². The number of aromatic nitrogens is 2. The molecule has 0 spiro atoms. The van der Waals surface area contributed by atoms with Gasteiger partial charge in [-0.05, 0) is 24.3 Å². The van der Waals surface area contributed by atoms with Crippen LogP contribution >= 0.6 is 11.6 Å². The van der Waals surface area contributed by atoms with E-state index in [-0.39, 0.29) is 28.0 Å². The molecule has 0 saturated carbocycles. The Bertz CT molecular complexity index is 964. The van der Waals surface area contributed by atoms with E-state index in [1.54, 1.807) is 6.07 Å². The van der Waals surface area contributed by atoms with Crippen molar-refractivity contribution in [3.05, 3.63) is 57.6 Å². The molecule has 0 radical (unpaired) electrons. The van der Waals surface area contributed by atoms with Crippen LogP contribution < -0.4 is 5.56 Å². The van der Waals surface area contributed by atoms with Gasteiger partial charge in [-0.3, -0.25) is 9.36 Å². The van der Waals surface area contributed by atoms with Crippen LogP contribution in [0.25, 0.3) is 16.6 Å². The average Bonchev–Trinajstić information content (AvgIpc) is 2.49. The van der Waals surface area contributed by atoms with E-state index in [1.165, 1.54) is 34.9 Å². The normalized spacial score (nSPS) is 11.3. The van der Waals surface area contributed by atoms with Crippen molar-refractivity contribution in [2.75, 3.05) is 0 Å². The first-order valence-corrected chi connectivity index (χ1v) is 7.51. The van der Waals surface area contributed by atoms with E-state index < -0.39 is 0 Å². The number of nitrogens with zero attached hydrogens (tertiary/aromatic N) is 2. The smallest absolute Gasteiger partial charge is 0.265 e. The third-order valence-electron chi connectivity index (χ3n) is 3.58. The van der Waals surface area contributed by atoms with E-state index in [9.17, 15) is 15.0 Å². The molecule has 0 amide bonds. The fraction of sp³-hybridized carbons (Fsp3) is 0.176. The molecule has 118 valence electrons. The zero-order chi connectivity index (χ0) is 16.7. The highest BCUT2D eigenvalue weighted by atomic mass is 35.5. The van der Waals surface area contributed by atoms with E-state index in [2.05, 4.69) is 4.98 Å². The second-order valence-corrected chi connectivity index (χ2v) is 6.01. The van der Waals surface area contributed by atoms with Crippen LogP contribution in [0.1, 0.15) is 25.6 Å². The monoisotopic (exact) mass is 330 g/mol. The van der Waals surface area contributed by atoms with Gasteiger partial charge in [0.05, 0.1) is 21.6 Å². The Hall–Kier alpha value is -2.53. The zero-order valence-electron chi connectivity index (χ0n) is 12.6. The molecular weight excluding hydrogens is 316 g/mol. The molecule has 23 heavy (non-hydrogen) atoms. The molecule has 0 aliphatic heterocycles. The molecule has 0 unspecified atom stereocenters. The van der Waals surface area contributed by atoms with Crippen molar-refractivity contribution in [3.8, 4) is 17.2 Å². The summed E-state index contributed by atoms with van der Waals surface area (Å²) in [4.78, 5) is 17.4. The molecule has 3 aromatic rings. The van der Waals surface area contributed by atoms with Crippen LogP contribution in [0, 0.1) is 0 Å². The van der Waals surface area contributed by atoms with Gasteiger partial charge >= 0.3 is 0 Å². The van der Waals surface area contributed by atoms with E-state index in [4.69, 9.17) is 11.6 Å². The van der Waals surface area contributed by atoms with Gasteiger partial charge in [0, 0.05) is 18.1 Å². The third kappa shape index (κ3) is 2.64. The standard InChI is InChI=1S/C17H15ClN2O3/c1-9(2)16-19-14-8-11(21)4-5-12(14)17(23)20(16)10-3-6-13(18)15(22)7-10/h3-9,21-22H,1-2H3. The van der Waals surface area contributed by atoms with Gasteiger partial charge in [-0.1, -0.05) is 25.4 Å². The van der Waals surface area contributed by atoms with Gasteiger partial charge in [0.25, 0.3) is 5.56 Å². The number of hydrogen-bond acceptors (Lipinski definition) is 4. The Labute approximate surface area is 137 Å². The molecule has 6 heteroatoms. The Morgan fingerprint density at radius 3 is 2.52 bits per heavy atom. The predicted octanol–water partition coefficient (Wildman–Crippen LogP) is 3.57. The zero-order valence-corrected chi connectivity index (χ0v) is 13.4. The highest BCUT2D eigenvalue weighted by Crippen LogP contribution is 2.27. The summed E-state index contributed by atoms with van der Waals surface area (Å²) < 4.78 is 1.46. The minimum absolute atomic E-state index is 0.0349. The second kappa shape index (κ2) is 5.59. The second-order valence-electron chi connectivity index (χ2n) is 5.60. The summed E-state index contributed by atoms with van der Waals surface area (Å²) in [6, 6.07) is 9.07. The lowest BCUT2D eigenvalue weighted by molar-refractivity contribution is 0.475. The van der Waals surface area contributed by atoms with Crippen LogP contribution in [0.4, 0.5) is 0 Å². The van der Waals surface area contributed by atoms with Gasteiger partial charge in [-0.15, -0.1) is 0 Å². The van der Waals surface area contributed by atoms with Gasteiger partial charge in [-0.2, -0.15) is 0 Å². The highest BCUT2D eigenvalue weighted by Gasteiger charge is 2.16. The molecule has 5 nitrogen and oxygen atoms in total. The topological polar surface area (TPSA) is 75.4 Å². The molecule has 0 aliphatic carbocycles. The van der Waals surface area contributed by atoms with Crippen LogP contribution in [0.15, 0.2) is 41.2 Å². The van der Waals surface area contributed by atoms with Crippen molar-refractivity contribution in [1.82, 2.24) is 9.55 Å². The first kappa shape index (κ1) is 15.4. The van der Waals surface area contributed by atoms with Crippen molar-refractivity contribution >= 4 is 22.5 Å². The third-order valence-corrected chi connectivity index (χ3v) is 3.90. The molecule has 1 aromatic heterocycles. The molecule has 3 rings (SSSR count). The maximum Gasteiger partial charge on any atom is 0.265 e. The van der Waals surface area contributed by atoms with Crippen molar-refractivity contribution in [2.24, 2.45) is 0 Å². The fourth-order valence-corrected chi connectivity index (χ4v) is 2.59. The van der Waals surface area contributed by atoms with Crippen molar-refractivity contribution in [3.63, 3.8) is 0 Å². The predicted molar refractivity (Wildman–Crippen MR) is 89.8 cm³/mol. The number of aromatic hydroxyl groups is 2. The summed E-state index contributed by atoms with van der Waals surface area (Å²) in [5, 5.41) is 20.0. The number of phenolic OH excluding ortho intramolecular Hbond substituents is 2. The lowest BCUT2D eigenvalue weighted by atomic mass is 10.1. The Morgan fingerprint density at radius 1 is 1.13 bits per heavy atom. The summed E-state index contributed by atoms with van der Waals surface area (Å²) in [6.07, 6.45) is 0. The number of phenols is 2. The van der Waals surface area contributed by atoms with Gasteiger partial charge in [0.2, 0.25) is 0 Å². The van der Waals surface area contributed by atoms with E-state index in [0.29, 0.717) is 22.4 Å². The molecule has 0 fully saturated rings. The molecule has 0 saturated heterocycles. The summed E-state index contributed by atoms with van der Waals surface area (Å²) in [7, 11) is 0. The maximum absolute atomic E-state index is 12.9. The van der Waals surface area contributed by atoms with Crippen molar-refractivity contribution in [2.45, 2.75) is 19.8 Å². The van der Waals surface area contributed by atoms with E-state index >= 15 is 0 Å². The van der Waals surface area contributed by atoms with Crippen LogP contribution in [-0.4, -0.2) is 19.8 Å².